The van der Waals surface area contributed by atoms with Gasteiger partial charge in [-0.3, -0.25) is 9.59 Å². The number of ether oxygens (including phenoxy) is 1. The van der Waals surface area contributed by atoms with Crippen molar-refractivity contribution in [1.29, 1.82) is 0 Å². The molecule has 104 valence electrons. The summed E-state index contributed by atoms with van der Waals surface area (Å²) in [5.41, 5.74) is 9.74. The molecule has 6 nitrogen and oxygen atoms in total. The molecule has 0 unspecified atom stereocenters. The number of nitrogens with two attached hydrogens (primary N) is 2. The number of thiocarbonyl (C=S) groups is 1. The molecule has 0 rings (SSSR count). The van der Waals surface area contributed by atoms with Crippen LogP contribution in [-0.4, -0.2) is 36.6 Å². The first-order valence-electron chi connectivity index (χ1n) is 5.85. The van der Waals surface area contributed by atoms with E-state index in [1.54, 1.807) is 0 Å². The summed E-state index contributed by atoms with van der Waals surface area (Å²) in [4.78, 5) is 22.7. The number of primary amides is 1. The van der Waals surface area contributed by atoms with Gasteiger partial charge in [-0.15, -0.1) is 0 Å². The number of nitrogens with one attached hydrogen (secondary N) is 1. The predicted octanol–water partition coefficient (Wildman–Crippen LogP) is -0.303. The van der Waals surface area contributed by atoms with Crippen LogP contribution in [0.5, 0.6) is 0 Å². The number of hydrogen-bond acceptors (Lipinski definition) is 4. The molecule has 0 aromatic carbocycles. The van der Waals surface area contributed by atoms with E-state index in [0.29, 0.717) is 12.8 Å². The van der Waals surface area contributed by atoms with E-state index >= 15 is 0 Å². The normalized spacial score (nSPS) is 11.0. The number of carbonyl (C=O) groups is 2. The van der Waals surface area contributed by atoms with Crippen molar-refractivity contribution >= 4 is 29.0 Å². The molecule has 7 heteroatoms. The molecular weight excluding hydrogens is 254 g/mol. The minimum Gasteiger partial charge on any atom is -0.392 e. The fraction of sp³-hybridized carbons (Fsp3) is 0.727. The van der Waals surface area contributed by atoms with Gasteiger partial charge in [0.15, 0.2) is 0 Å². The molecule has 2 amide bonds. The fourth-order valence-electron chi connectivity index (χ4n) is 1.61. The van der Waals surface area contributed by atoms with Crippen LogP contribution in [-0.2, 0) is 14.3 Å². The van der Waals surface area contributed by atoms with Crippen molar-refractivity contribution in [2.45, 2.75) is 26.7 Å². The largest absolute Gasteiger partial charge is 0.392 e. The van der Waals surface area contributed by atoms with Crippen LogP contribution >= 0.6 is 12.2 Å². The van der Waals surface area contributed by atoms with Crippen molar-refractivity contribution < 1.29 is 14.3 Å². The lowest BCUT2D eigenvalue weighted by Gasteiger charge is -2.28. The topological polar surface area (TPSA) is 107 Å². The first-order valence-corrected chi connectivity index (χ1v) is 6.25. The summed E-state index contributed by atoms with van der Waals surface area (Å²) in [5, 5.41) is 2.70. The molecule has 0 saturated heterocycles. The van der Waals surface area contributed by atoms with E-state index in [2.05, 4.69) is 5.32 Å². The van der Waals surface area contributed by atoms with Crippen LogP contribution < -0.4 is 16.8 Å². The first kappa shape index (κ1) is 16.8. The highest BCUT2D eigenvalue weighted by Crippen LogP contribution is 2.26. The molecule has 18 heavy (non-hydrogen) atoms. The summed E-state index contributed by atoms with van der Waals surface area (Å²) >= 11 is 4.96. The standard InChI is InChI=1S/C11H21N3O3S/c1-3-11(4-2,9(13)18)10(16)14-5-6-17-7-8(12)15/h3-7H2,1-2H3,(H2,12,15)(H2,13,18)(H,14,16). The molecule has 0 radical (unpaired) electrons. The lowest BCUT2D eigenvalue weighted by Crippen LogP contribution is -2.49. The zero-order chi connectivity index (χ0) is 14.2. The Morgan fingerprint density at radius 2 is 1.83 bits per heavy atom. The van der Waals surface area contributed by atoms with Crippen molar-refractivity contribution in [3.63, 3.8) is 0 Å². The van der Waals surface area contributed by atoms with Gasteiger partial charge in [-0.05, 0) is 12.8 Å². The summed E-state index contributed by atoms with van der Waals surface area (Å²) in [5.74, 6) is -0.747. The van der Waals surface area contributed by atoms with Gasteiger partial charge >= 0.3 is 0 Å². The highest BCUT2D eigenvalue weighted by molar-refractivity contribution is 7.80. The van der Waals surface area contributed by atoms with E-state index in [9.17, 15) is 9.59 Å². The molecule has 0 fully saturated rings. The summed E-state index contributed by atoms with van der Waals surface area (Å²) in [6, 6.07) is 0. The van der Waals surface area contributed by atoms with E-state index in [-0.39, 0.29) is 30.7 Å². The molecule has 0 aliphatic rings. The Balaban J connectivity index is 4.21. The Kier molecular flexibility index (Phi) is 7.45. The van der Waals surface area contributed by atoms with Crippen LogP contribution in [0, 0.1) is 5.41 Å². The minimum absolute atomic E-state index is 0.155. The van der Waals surface area contributed by atoms with Gasteiger partial charge in [-0.1, -0.05) is 26.1 Å². The van der Waals surface area contributed by atoms with E-state index in [1.807, 2.05) is 13.8 Å². The molecule has 0 atom stereocenters. The van der Waals surface area contributed by atoms with Gasteiger partial charge in [0.1, 0.15) is 6.61 Å². The third-order valence-electron chi connectivity index (χ3n) is 2.89. The van der Waals surface area contributed by atoms with Crippen LogP contribution in [0.4, 0.5) is 0 Å². The maximum absolute atomic E-state index is 12.0. The molecule has 5 N–H and O–H groups in total. The lowest BCUT2D eigenvalue weighted by molar-refractivity contribution is -0.128. The SMILES string of the molecule is CCC(CC)(C(=O)NCCOCC(N)=O)C(N)=S. The third-order valence-corrected chi connectivity index (χ3v) is 3.28. The monoisotopic (exact) mass is 275 g/mol. The second-order valence-electron chi connectivity index (χ2n) is 3.93. The van der Waals surface area contributed by atoms with Crippen LogP contribution in [0.25, 0.3) is 0 Å². The van der Waals surface area contributed by atoms with E-state index in [0.717, 1.165) is 0 Å². The average molecular weight is 275 g/mol. The highest BCUT2D eigenvalue weighted by Gasteiger charge is 2.37. The molecular formula is C11H21N3O3S. The minimum atomic E-state index is -0.807. The number of rotatable bonds is 9. The van der Waals surface area contributed by atoms with Gasteiger partial charge < -0.3 is 21.5 Å². The number of amides is 2. The molecule has 0 aliphatic carbocycles. The predicted molar refractivity (Wildman–Crippen MR) is 72.8 cm³/mol. The van der Waals surface area contributed by atoms with Crippen LogP contribution in [0.2, 0.25) is 0 Å². The molecule has 0 aliphatic heterocycles. The van der Waals surface area contributed by atoms with Gasteiger partial charge in [0.25, 0.3) is 0 Å². The van der Waals surface area contributed by atoms with Crippen LogP contribution in [0.3, 0.4) is 0 Å². The summed E-state index contributed by atoms with van der Waals surface area (Å²) in [6.45, 7) is 4.08. The number of hydrogen-bond donors (Lipinski definition) is 3. The Morgan fingerprint density at radius 1 is 1.28 bits per heavy atom. The van der Waals surface area contributed by atoms with Crippen molar-refractivity contribution in [1.82, 2.24) is 5.32 Å². The van der Waals surface area contributed by atoms with Crippen LogP contribution in [0.1, 0.15) is 26.7 Å². The number of carbonyl (C=O) groups excluding carboxylic acids is 2. The smallest absolute Gasteiger partial charge is 0.243 e. The molecule has 0 spiro atoms. The Morgan fingerprint density at radius 3 is 2.22 bits per heavy atom. The molecule has 0 bridgehead atoms. The fourth-order valence-corrected chi connectivity index (χ4v) is 1.99. The molecule has 0 aromatic heterocycles. The quantitative estimate of drug-likeness (QED) is 0.395. The summed E-state index contributed by atoms with van der Waals surface area (Å²) in [6.07, 6.45) is 1.10. The Bertz CT molecular complexity index is 317. The molecule has 0 saturated carbocycles. The van der Waals surface area contributed by atoms with Crippen molar-refractivity contribution in [3.05, 3.63) is 0 Å². The Labute approximate surface area is 112 Å². The van der Waals surface area contributed by atoms with Crippen LogP contribution in [0.15, 0.2) is 0 Å². The molecule has 0 aromatic rings. The van der Waals surface area contributed by atoms with Gasteiger partial charge in [-0.25, -0.2) is 0 Å². The van der Waals surface area contributed by atoms with Gasteiger partial charge in [0.05, 0.1) is 17.0 Å². The maximum Gasteiger partial charge on any atom is 0.243 e. The van der Waals surface area contributed by atoms with Gasteiger partial charge in [0, 0.05) is 6.54 Å². The Hall–Kier alpha value is -1.21. The highest BCUT2D eigenvalue weighted by atomic mass is 32.1. The summed E-state index contributed by atoms with van der Waals surface area (Å²) < 4.78 is 4.93. The average Bonchev–Trinajstić information content (AvgIpc) is 2.30. The third kappa shape index (κ3) is 4.58. The lowest BCUT2D eigenvalue weighted by atomic mass is 9.81. The second kappa shape index (κ2) is 7.99. The second-order valence-corrected chi connectivity index (χ2v) is 4.37. The first-order chi connectivity index (χ1) is 8.40. The van der Waals surface area contributed by atoms with E-state index in [1.165, 1.54) is 0 Å². The zero-order valence-corrected chi connectivity index (χ0v) is 11.6. The molecule has 0 heterocycles. The van der Waals surface area contributed by atoms with Crippen molar-refractivity contribution in [2.75, 3.05) is 19.8 Å². The van der Waals surface area contributed by atoms with Gasteiger partial charge in [0.2, 0.25) is 11.8 Å². The zero-order valence-electron chi connectivity index (χ0n) is 10.8. The summed E-state index contributed by atoms with van der Waals surface area (Å²) in [7, 11) is 0. The van der Waals surface area contributed by atoms with E-state index < -0.39 is 11.3 Å². The van der Waals surface area contributed by atoms with Crippen molar-refractivity contribution in [3.8, 4) is 0 Å². The van der Waals surface area contributed by atoms with E-state index in [4.69, 9.17) is 28.4 Å². The maximum atomic E-state index is 12.0. The van der Waals surface area contributed by atoms with Gasteiger partial charge in [-0.2, -0.15) is 0 Å². The van der Waals surface area contributed by atoms with Crippen molar-refractivity contribution in [2.24, 2.45) is 16.9 Å².